The van der Waals surface area contributed by atoms with Crippen LogP contribution in [-0.4, -0.2) is 38.8 Å². The van der Waals surface area contributed by atoms with Gasteiger partial charge in [0.15, 0.2) is 0 Å². The molecule has 0 spiro atoms. The van der Waals surface area contributed by atoms with Gasteiger partial charge in [0, 0.05) is 12.5 Å². The monoisotopic (exact) mass is 255 g/mol. The van der Waals surface area contributed by atoms with Crippen LogP contribution in [0, 0.1) is 5.92 Å². The molecule has 1 aliphatic rings. The molecule has 2 unspecified atom stereocenters. The molecule has 0 aromatic heterocycles. The van der Waals surface area contributed by atoms with E-state index in [0.29, 0.717) is 19.1 Å². The van der Waals surface area contributed by atoms with Crippen molar-refractivity contribution in [3.8, 4) is 0 Å². The standard InChI is InChI=1S/C9H18ClNO3S/c1-8(5-10)6-15(12,13)11-9(2)3-4-14-7-9/h8,11H,3-7H2,1-2H3. The summed E-state index contributed by atoms with van der Waals surface area (Å²) in [4.78, 5) is 0. The summed E-state index contributed by atoms with van der Waals surface area (Å²) in [6.45, 7) is 4.74. The number of sulfonamides is 1. The summed E-state index contributed by atoms with van der Waals surface area (Å²) in [6.07, 6.45) is 0.724. The van der Waals surface area contributed by atoms with E-state index in [4.69, 9.17) is 16.3 Å². The van der Waals surface area contributed by atoms with Crippen LogP contribution in [0.3, 0.4) is 0 Å². The SMILES string of the molecule is CC(CCl)CS(=O)(=O)NC1(C)CCOC1. The Kier molecular flexibility index (Phi) is 4.40. The second kappa shape index (κ2) is 4.99. The molecule has 0 bridgehead atoms. The van der Waals surface area contributed by atoms with E-state index >= 15 is 0 Å². The Morgan fingerprint density at radius 3 is 2.73 bits per heavy atom. The molecule has 0 aliphatic carbocycles. The molecule has 0 amide bonds. The molecule has 1 rings (SSSR count). The third-order valence-electron chi connectivity index (χ3n) is 2.39. The van der Waals surface area contributed by atoms with E-state index in [1.165, 1.54) is 0 Å². The van der Waals surface area contributed by atoms with Crippen LogP contribution < -0.4 is 4.72 Å². The second-order valence-corrected chi connectivity index (χ2v) is 6.58. The third kappa shape index (κ3) is 4.26. The Morgan fingerprint density at radius 1 is 1.60 bits per heavy atom. The third-order valence-corrected chi connectivity index (χ3v) is 4.73. The molecule has 15 heavy (non-hydrogen) atoms. The van der Waals surface area contributed by atoms with Crippen LogP contribution >= 0.6 is 11.6 Å². The number of alkyl halides is 1. The van der Waals surface area contributed by atoms with Crippen LogP contribution in [-0.2, 0) is 14.8 Å². The Balaban J connectivity index is 2.55. The lowest BCUT2D eigenvalue weighted by atomic mass is 10.0. The molecule has 6 heteroatoms. The number of halogens is 1. The van der Waals surface area contributed by atoms with Crippen LogP contribution in [0.4, 0.5) is 0 Å². The van der Waals surface area contributed by atoms with Gasteiger partial charge in [-0.15, -0.1) is 11.6 Å². The van der Waals surface area contributed by atoms with Crippen molar-refractivity contribution in [3.05, 3.63) is 0 Å². The summed E-state index contributed by atoms with van der Waals surface area (Å²) in [5.74, 6) is 0.398. The van der Waals surface area contributed by atoms with E-state index in [1.807, 2.05) is 13.8 Å². The quantitative estimate of drug-likeness (QED) is 0.745. The number of nitrogens with one attached hydrogen (secondary N) is 1. The summed E-state index contributed by atoms with van der Waals surface area (Å²) in [5.41, 5.74) is -0.440. The van der Waals surface area contributed by atoms with Gasteiger partial charge >= 0.3 is 0 Å². The first kappa shape index (κ1) is 13.2. The summed E-state index contributed by atoms with van der Waals surface area (Å²) in [7, 11) is -3.25. The lowest BCUT2D eigenvalue weighted by Crippen LogP contribution is -2.47. The molecule has 1 N–H and O–H groups in total. The molecule has 0 aromatic carbocycles. The van der Waals surface area contributed by atoms with E-state index in [-0.39, 0.29) is 11.7 Å². The minimum atomic E-state index is -3.25. The molecule has 0 aromatic rings. The molecule has 1 heterocycles. The minimum absolute atomic E-state index is 0.0323. The topological polar surface area (TPSA) is 55.4 Å². The van der Waals surface area contributed by atoms with E-state index in [2.05, 4.69) is 4.72 Å². The van der Waals surface area contributed by atoms with Gasteiger partial charge in [0.05, 0.1) is 17.9 Å². The molecular formula is C9H18ClNO3S. The highest BCUT2D eigenvalue weighted by molar-refractivity contribution is 7.89. The fourth-order valence-corrected chi connectivity index (χ4v) is 3.68. The summed E-state index contributed by atoms with van der Waals surface area (Å²) >= 11 is 5.59. The highest BCUT2D eigenvalue weighted by Gasteiger charge is 2.34. The smallest absolute Gasteiger partial charge is 0.212 e. The van der Waals surface area contributed by atoms with Crippen LogP contribution in [0.15, 0.2) is 0 Å². The number of hydrogen-bond donors (Lipinski definition) is 1. The van der Waals surface area contributed by atoms with Crippen molar-refractivity contribution in [3.63, 3.8) is 0 Å². The molecule has 0 saturated carbocycles. The predicted molar refractivity (Wildman–Crippen MR) is 60.6 cm³/mol. The number of rotatable bonds is 5. The van der Waals surface area contributed by atoms with Gasteiger partial charge in [-0.2, -0.15) is 0 Å². The van der Waals surface area contributed by atoms with E-state index < -0.39 is 15.6 Å². The van der Waals surface area contributed by atoms with Crippen molar-refractivity contribution < 1.29 is 13.2 Å². The molecule has 90 valence electrons. The highest BCUT2D eigenvalue weighted by atomic mass is 35.5. The van der Waals surface area contributed by atoms with Gasteiger partial charge < -0.3 is 4.74 Å². The van der Waals surface area contributed by atoms with E-state index in [9.17, 15) is 8.42 Å². The van der Waals surface area contributed by atoms with Crippen LogP contribution in [0.25, 0.3) is 0 Å². The Morgan fingerprint density at radius 2 is 2.27 bits per heavy atom. The zero-order chi connectivity index (χ0) is 11.5. The first-order chi connectivity index (χ1) is 6.87. The van der Waals surface area contributed by atoms with Gasteiger partial charge in [-0.1, -0.05) is 6.92 Å². The van der Waals surface area contributed by atoms with E-state index in [1.54, 1.807) is 0 Å². The predicted octanol–water partition coefficient (Wildman–Crippen LogP) is 0.960. The van der Waals surface area contributed by atoms with Crippen molar-refractivity contribution in [1.82, 2.24) is 4.72 Å². The first-order valence-electron chi connectivity index (χ1n) is 5.02. The molecule has 0 radical (unpaired) electrons. The van der Waals surface area contributed by atoms with Gasteiger partial charge in [-0.25, -0.2) is 13.1 Å². The van der Waals surface area contributed by atoms with Crippen molar-refractivity contribution in [2.24, 2.45) is 5.92 Å². The fourth-order valence-electron chi connectivity index (χ4n) is 1.58. The Labute approximate surface area is 96.4 Å². The lowest BCUT2D eigenvalue weighted by molar-refractivity contribution is 0.178. The molecule has 4 nitrogen and oxygen atoms in total. The maximum Gasteiger partial charge on any atom is 0.212 e. The summed E-state index contributed by atoms with van der Waals surface area (Å²) in [6, 6.07) is 0. The number of ether oxygens (including phenoxy) is 1. The minimum Gasteiger partial charge on any atom is -0.379 e. The Bertz CT molecular complexity index is 298. The van der Waals surface area contributed by atoms with Crippen molar-refractivity contribution in [2.45, 2.75) is 25.8 Å². The van der Waals surface area contributed by atoms with Crippen LogP contribution in [0.5, 0.6) is 0 Å². The molecule has 1 aliphatic heterocycles. The lowest BCUT2D eigenvalue weighted by Gasteiger charge is -2.24. The zero-order valence-electron chi connectivity index (χ0n) is 9.12. The summed E-state index contributed by atoms with van der Waals surface area (Å²) in [5, 5.41) is 0. The Hall–Kier alpha value is 0.160. The average molecular weight is 256 g/mol. The van der Waals surface area contributed by atoms with Gasteiger partial charge in [0.1, 0.15) is 0 Å². The first-order valence-corrected chi connectivity index (χ1v) is 7.21. The molecular weight excluding hydrogens is 238 g/mol. The van der Waals surface area contributed by atoms with Gasteiger partial charge in [0.25, 0.3) is 0 Å². The van der Waals surface area contributed by atoms with Crippen molar-refractivity contribution in [1.29, 1.82) is 0 Å². The number of hydrogen-bond acceptors (Lipinski definition) is 3. The van der Waals surface area contributed by atoms with Crippen molar-refractivity contribution >= 4 is 21.6 Å². The zero-order valence-corrected chi connectivity index (χ0v) is 10.7. The van der Waals surface area contributed by atoms with Gasteiger partial charge in [0.2, 0.25) is 10.0 Å². The van der Waals surface area contributed by atoms with Gasteiger partial charge in [-0.3, -0.25) is 0 Å². The average Bonchev–Trinajstić information content (AvgIpc) is 2.49. The molecule has 2 atom stereocenters. The van der Waals surface area contributed by atoms with Crippen LogP contribution in [0.1, 0.15) is 20.3 Å². The highest BCUT2D eigenvalue weighted by Crippen LogP contribution is 2.19. The second-order valence-electron chi connectivity index (χ2n) is 4.51. The normalized spacial score (nSPS) is 29.3. The maximum absolute atomic E-state index is 11.7. The fraction of sp³-hybridized carbons (Fsp3) is 1.00. The molecule has 1 fully saturated rings. The van der Waals surface area contributed by atoms with E-state index in [0.717, 1.165) is 6.42 Å². The summed E-state index contributed by atoms with van der Waals surface area (Å²) < 4.78 is 31.3. The molecule has 1 saturated heterocycles. The van der Waals surface area contributed by atoms with Crippen molar-refractivity contribution in [2.75, 3.05) is 24.8 Å². The largest absolute Gasteiger partial charge is 0.379 e. The van der Waals surface area contributed by atoms with Crippen LogP contribution in [0.2, 0.25) is 0 Å². The maximum atomic E-state index is 11.7. The van der Waals surface area contributed by atoms with Gasteiger partial charge in [-0.05, 0) is 19.3 Å².